The molecule has 18 heavy (non-hydrogen) atoms. The van der Waals surface area contributed by atoms with Crippen LogP contribution >= 0.6 is 12.4 Å². The van der Waals surface area contributed by atoms with Crippen LogP contribution in [0.15, 0.2) is 0 Å². The monoisotopic (exact) mass is 278 g/mol. The summed E-state index contributed by atoms with van der Waals surface area (Å²) in [7, 11) is 3.46. The van der Waals surface area contributed by atoms with E-state index in [4.69, 9.17) is 4.74 Å². The molecule has 0 saturated carbocycles. The number of nitrogens with zero attached hydrogens (tertiary/aromatic N) is 1. The highest BCUT2D eigenvalue weighted by Crippen LogP contribution is 2.25. The first-order valence-electron chi connectivity index (χ1n) is 6.48. The van der Waals surface area contributed by atoms with Crippen molar-refractivity contribution in [2.45, 2.75) is 39.2 Å². The number of ether oxygens (including phenoxy) is 1. The van der Waals surface area contributed by atoms with Crippen molar-refractivity contribution in [2.24, 2.45) is 5.41 Å². The van der Waals surface area contributed by atoms with Gasteiger partial charge in [-0.2, -0.15) is 0 Å². The molecule has 0 amide bonds. The molecule has 1 N–H and O–H groups in total. The molecular formula is C13H27ClN2O2. The summed E-state index contributed by atoms with van der Waals surface area (Å²) in [6.45, 7) is 7.10. The first kappa shape index (κ1) is 17.7. The summed E-state index contributed by atoms with van der Waals surface area (Å²) < 4.78 is 4.83. The Kier molecular flexibility index (Phi) is 7.83. The lowest BCUT2D eigenvalue weighted by molar-refractivity contribution is -0.151. The van der Waals surface area contributed by atoms with Gasteiger partial charge in [0.1, 0.15) is 0 Å². The fourth-order valence-corrected chi connectivity index (χ4v) is 2.46. The Morgan fingerprint density at radius 2 is 2.17 bits per heavy atom. The van der Waals surface area contributed by atoms with Crippen molar-refractivity contribution in [1.82, 2.24) is 10.2 Å². The summed E-state index contributed by atoms with van der Waals surface area (Å²) in [4.78, 5) is 14.1. The van der Waals surface area contributed by atoms with E-state index in [0.29, 0.717) is 6.04 Å². The first-order chi connectivity index (χ1) is 8.01. The summed E-state index contributed by atoms with van der Waals surface area (Å²) in [5.41, 5.74) is -0.373. The summed E-state index contributed by atoms with van der Waals surface area (Å²) in [6.07, 6.45) is 3.39. The van der Waals surface area contributed by atoms with E-state index in [2.05, 4.69) is 10.2 Å². The standard InChI is InChI=1S/C13H26N2O2.ClH/c1-13(2,12(16)17-4)7-9-15-8-5-6-11(15)10-14-3;/h11,14H,5-10H2,1-4H3;1H. The molecule has 1 aliphatic rings. The Balaban J connectivity index is 0.00000289. The molecule has 1 unspecified atom stereocenters. The third-order valence-corrected chi connectivity index (χ3v) is 3.70. The minimum absolute atomic E-state index is 0. The van der Waals surface area contributed by atoms with E-state index in [9.17, 15) is 4.79 Å². The van der Waals surface area contributed by atoms with Gasteiger partial charge in [-0.3, -0.25) is 9.69 Å². The average Bonchev–Trinajstić information content (AvgIpc) is 2.73. The highest BCUT2D eigenvalue weighted by molar-refractivity contribution is 5.85. The number of hydrogen-bond donors (Lipinski definition) is 1. The van der Waals surface area contributed by atoms with E-state index < -0.39 is 0 Å². The summed E-state index contributed by atoms with van der Waals surface area (Å²) in [5.74, 6) is -0.109. The van der Waals surface area contributed by atoms with Gasteiger partial charge in [0.05, 0.1) is 12.5 Å². The number of methoxy groups -OCH3 is 1. The maximum absolute atomic E-state index is 11.6. The van der Waals surface area contributed by atoms with E-state index >= 15 is 0 Å². The number of halogens is 1. The Hall–Kier alpha value is -0.320. The molecule has 0 bridgehead atoms. The van der Waals surface area contributed by atoms with Gasteiger partial charge in [0.25, 0.3) is 0 Å². The molecule has 0 spiro atoms. The van der Waals surface area contributed by atoms with Crippen LogP contribution < -0.4 is 5.32 Å². The van der Waals surface area contributed by atoms with Crippen molar-refractivity contribution in [2.75, 3.05) is 33.8 Å². The minimum Gasteiger partial charge on any atom is -0.469 e. The molecule has 1 rings (SSSR count). The fraction of sp³-hybridized carbons (Fsp3) is 0.923. The van der Waals surface area contributed by atoms with Crippen LogP contribution in [0.3, 0.4) is 0 Å². The van der Waals surface area contributed by atoms with Crippen molar-refractivity contribution < 1.29 is 9.53 Å². The van der Waals surface area contributed by atoms with Gasteiger partial charge in [0.15, 0.2) is 0 Å². The molecule has 0 aromatic heterocycles. The summed E-state index contributed by atoms with van der Waals surface area (Å²) in [6, 6.07) is 0.633. The SMILES string of the molecule is CNCC1CCCN1CCC(C)(C)C(=O)OC.Cl. The molecule has 4 nitrogen and oxygen atoms in total. The third kappa shape index (κ3) is 4.75. The number of nitrogens with one attached hydrogen (secondary N) is 1. The second kappa shape index (κ2) is 7.97. The minimum atomic E-state index is -0.373. The molecule has 108 valence electrons. The maximum atomic E-state index is 11.6. The molecular weight excluding hydrogens is 252 g/mol. The topological polar surface area (TPSA) is 41.6 Å². The Morgan fingerprint density at radius 1 is 1.50 bits per heavy atom. The molecule has 0 aliphatic carbocycles. The third-order valence-electron chi connectivity index (χ3n) is 3.70. The normalized spacial score (nSPS) is 20.6. The van der Waals surface area contributed by atoms with Crippen LogP contribution in [0.4, 0.5) is 0 Å². The van der Waals surface area contributed by atoms with Crippen LogP contribution in [0, 0.1) is 5.41 Å². The van der Waals surface area contributed by atoms with E-state index in [1.165, 1.54) is 20.0 Å². The fourth-order valence-electron chi connectivity index (χ4n) is 2.46. The lowest BCUT2D eigenvalue weighted by Gasteiger charge is -2.28. The number of carbonyl (C=O) groups excluding carboxylic acids is 1. The number of esters is 1. The van der Waals surface area contributed by atoms with Gasteiger partial charge >= 0.3 is 5.97 Å². The smallest absolute Gasteiger partial charge is 0.311 e. The second-order valence-corrected chi connectivity index (χ2v) is 5.52. The molecule has 1 heterocycles. The second-order valence-electron chi connectivity index (χ2n) is 5.52. The number of hydrogen-bond acceptors (Lipinski definition) is 4. The van der Waals surface area contributed by atoms with E-state index in [-0.39, 0.29) is 23.8 Å². The van der Waals surface area contributed by atoms with Gasteiger partial charge in [-0.25, -0.2) is 0 Å². The number of likely N-dealkylation sites (N-methyl/N-ethyl adjacent to an activating group) is 1. The van der Waals surface area contributed by atoms with Crippen LogP contribution in [-0.2, 0) is 9.53 Å². The van der Waals surface area contributed by atoms with Crippen LogP contribution in [0.5, 0.6) is 0 Å². The summed E-state index contributed by atoms with van der Waals surface area (Å²) in [5, 5.41) is 3.24. The predicted octanol–water partition coefficient (Wildman–Crippen LogP) is 1.68. The van der Waals surface area contributed by atoms with Gasteiger partial charge in [-0.1, -0.05) is 0 Å². The zero-order valence-electron chi connectivity index (χ0n) is 12.0. The van der Waals surface area contributed by atoms with Gasteiger partial charge < -0.3 is 10.1 Å². The number of likely N-dealkylation sites (tertiary alicyclic amines) is 1. The maximum Gasteiger partial charge on any atom is 0.311 e. The van der Waals surface area contributed by atoms with Crippen molar-refractivity contribution >= 4 is 18.4 Å². The van der Waals surface area contributed by atoms with E-state index in [1.807, 2.05) is 20.9 Å². The van der Waals surface area contributed by atoms with Crippen molar-refractivity contribution in [1.29, 1.82) is 0 Å². The molecule has 5 heteroatoms. The Labute approximate surface area is 117 Å². The van der Waals surface area contributed by atoms with Crippen molar-refractivity contribution in [3.05, 3.63) is 0 Å². The number of carbonyl (C=O) groups is 1. The predicted molar refractivity (Wildman–Crippen MR) is 76.2 cm³/mol. The van der Waals surface area contributed by atoms with Gasteiger partial charge in [-0.15, -0.1) is 12.4 Å². The average molecular weight is 279 g/mol. The van der Waals surface area contributed by atoms with Gasteiger partial charge in [0, 0.05) is 12.6 Å². The quantitative estimate of drug-likeness (QED) is 0.751. The van der Waals surface area contributed by atoms with E-state index in [1.54, 1.807) is 0 Å². The molecule has 1 fully saturated rings. The lowest BCUT2D eigenvalue weighted by atomic mass is 9.89. The largest absolute Gasteiger partial charge is 0.469 e. The van der Waals surface area contributed by atoms with Crippen LogP contribution in [0.1, 0.15) is 33.1 Å². The molecule has 1 saturated heterocycles. The van der Waals surface area contributed by atoms with Gasteiger partial charge in [0.2, 0.25) is 0 Å². The molecule has 0 aromatic carbocycles. The molecule has 0 radical (unpaired) electrons. The first-order valence-corrected chi connectivity index (χ1v) is 6.48. The number of rotatable bonds is 6. The van der Waals surface area contributed by atoms with E-state index in [0.717, 1.165) is 26.1 Å². The molecule has 0 aromatic rings. The Morgan fingerprint density at radius 3 is 2.72 bits per heavy atom. The Bertz CT molecular complexity index is 259. The molecule has 1 atom stereocenters. The highest BCUT2D eigenvalue weighted by atomic mass is 35.5. The zero-order valence-corrected chi connectivity index (χ0v) is 12.8. The lowest BCUT2D eigenvalue weighted by Crippen LogP contribution is -2.39. The van der Waals surface area contributed by atoms with Crippen molar-refractivity contribution in [3.8, 4) is 0 Å². The zero-order chi connectivity index (χ0) is 12.9. The van der Waals surface area contributed by atoms with Crippen LogP contribution in [-0.4, -0.2) is 50.7 Å². The van der Waals surface area contributed by atoms with Gasteiger partial charge in [-0.05, 0) is 53.2 Å². The highest BCUT2D eigenvalue weighted by Gasteiger charge is 2.31. The van der Waals surface area contributed by atoms with Crippen molar-refractivity contribution in [3.63, 3.8) is 0 Å². The van der Waals surface area contributed by atoms with Crippen LogP contribution in [0.2, 0.25) is 0 Å². The summed E-state index contributed by atoms with van der Waals surface area (Å²) >= 11 is 0. The van der Waals surface area contributed by atoms with Crippen LogP contribution in [0.25, 0.3) is 0 Å². The molecule has 1 aliphatic heterocycles.